The number of halogens is 2. The van der Waals surface area contributed by atoms with Crippen LogP contribution in [0.2, 0.25) is 0 Å². The summed E-state index contributed by atoms with van der Waals surface area (Å²) in [6.45, 7) is 4.55. The molecule has 0 unspecified atom stereocenters. The van der Waals surface area contributed by atoms with Gasteiger partial charge < -0.3 is 0 Å². The summed E-state index contributed by atoms with van der Waals surface area (Å²) >= 11 is 14.6. The highest BCUT2D eigenvalue weighted by Crippen LogP contribution is 2.42. The van der Waals surface area contributed by atoms with Gasteiger partial charge in [-0.1, -0.05) is 102 Å². The quantitative estimate of drug-likeness (QED) is 0.0836. The average Bonchev–Trinajstić information content (AvgIpc) is 3.77. The highest BCUT2D eigenvalue weighted by Gasteiger charge is 2.15. The second kappa shape index (κ2) is 18.6. The van der Waals surface area contributed by atoms with Crippen LogP contribution in [0.4, 0.5) is 0 Å². The van der Waals surface area contributed by atoms with Gasteiger partial charge in [-0.15, -0.1) is 45.3 Å². The zero-order valence-corrected chi connectivity index (χ0v) is 31.2. The van der Waals surface area contributed by atoms with E-state index in [-0.39, 0.29) is 0 Å². The van der Waals surface area contributed by atoms with Crippen molar-refractivity contribution >= 4 is 77.2 Å². The minimum Gasteiger partial charge on any atom is -0.132 e. The van der Waals surface area contributed by atoms with E-state index in [9.17, 15) is 0 Å². The molecule has 0 aromatic carbocycles. The molecule has 0 aliphatic carbocycles. The number of rotatable bonds is 15. The zero-order valence-electron chi connectivity index (χ0n) is 24.8. The van der Waals surface area contributed by atoms with Crippen molar-refractivity contribution in [2.45, 2.75) is 104 Å². The molecule has 0 fully saturated rings. The number of aryl methyl sites for hydroxylation is 2. The van der Waals surface area contributed by atoms with Crippen molar-refractivity contribution in [1.29, 1.82) is 0 Å². The van der Waals surface area contributed by atoms with Gasteiger partial charge in [-0.3, -0.25) is 0 Å². The summed E-state index contributed by atoms with van der Waals surface area (Å²) in [7, 11) is 0. The lowest BCUT2D eigenvalue weighted by molar-refractivity contribution is 0.609. The molecule has 0 aliphatic heterocycles. The minimum absolute atomic E-state index is 1.06. The lowest BCUT2D eigenvalue weighted by Gasteiger charge is -1.99. The maximum Gasteiger partial charge on any atom is 0.0775 e. The van der Waals surface area contributed by atoms with Crippen LogP contribution in [0, 0.1) is 23.7 Å². The van der Waals surface area contributed by atoms with Crippen LogP contribution in [-0.4, -0.2) is 0 Å². The Bertz CT molecular complexity index is 1390. The van der Waals surface area contributed by atoms with E-state index in [4.69, 9.17) is 0 Å². The van der Waals surface area contributed by atoms with Gasteiger partial charge in [0, 0.05) is 20.9 Å². The number of hydrogen-bond donors (Lipinski definition) is 0. The van der Waals surface area contributed by atoms with Gasteiger partial charge in [0.15, 0.2) is 0 Å². The molecular weight excluding hydrogens is 720 g/mol. The fraction of sp³-hybridized carbons (Fsp3) is 0.444. The first-order valence-electron chi connectivity index (χ1n) is 15.4. The molecule has 0 saturated heterocycles. The normalized spacial score (nSPS) is 10.9. The van der Waals surface area contributed by atoms with Crippen molar-refractivity contribution in [2.75, 3.05) is 0 Å². The third-order valence-corrected chi connectivity index (χ3v) is 12.7. The Morgan fingerprint density at radius 3 is 1.33 bits per heavy atom. The Balaban J connectivity index is 1.40. The number of unbranched alkanes of at least 4 members (excludes halogenated alkanes) is 10. The van der Waals surface area contributed by atoms with Crippen molar-refractivity contribution in [2.24, 2.45) is 0 Å². The van der Waals surface area contributed by atoms with Crippen LogP contribution in [0.3, 0.4) is 0 Å². The molecule has 0 saturated carbocycles. The zero-order chi connectivity index (χ0) is 29.6. The van der Waals surface area contributed by atoms with Gasteiger partial charge in [-0.05, 0) is 93.9 Å². The molecule has 0 amide bonds. The molecular formula is C36H40Br2S4. The van der Waals surface area contributed by atoms with Crippen LogP contribution in [-0.2, 0) is 12.8 Å². The highest BCUT2D eigenvalue weighted by atomic mass is 79.9. The molecule has 6 heteroatoms. The van der Waals surface area contributed by atoms with Gasteiger partial charge in [-0.25, -0.2) is 0 Å². The van der Waals surface area contributed by atoms with E-state index in [1.165, 1.54) is 109 Å². The van der Waals surface area contributed by atoms with E-state index in [2.05, 4.69) is 106 Å². The van der Waals surface area contributed by atoms with Crippen LogP contribution in [0.25, 0.3) is 9.75 Å². The maximum atomic E-state index is 3.72. The van der Waals surface area contributed by atoms with Crippen molar-refractivity contribution in [3.05, 3.63) is 74.6 Å². The Kier molecular flexibility index (Phi) is 15.0. The van der Waals surface area contributed by atoms with E-state index in [0.29, 0.717) is 0 Å². The first-order chi connectivity index (χ1) is 20.6. The van der Waals surface area contributed by atoms with Crippen LogP contribution in [0.1, 0.15) is 122 Å². The van der Waals surface area contributed by atoms with Gasteiger partial charge in [-0.2, -0.15) is 0 Å². The SMILES string of the molecule is CCCCCCCCc1ccc(C#Cc2cc(Br)sc2-c2sc(Br)cc2C#Cc2ccc(CCCCCCCC)s2)s1. The minimum atomic E-state index is 1.06. The van der Waals surface area contributed by atoms with E-state index >= 15 is 0 Å². The molecule has 0 radical (unpaired) electrons. The van der Waals surface area contributed by atoms with Gasteiger partial charge >= 0.3 is 0 Å². The Labute approximate surface area is 286 Å². The molecule has 4 aromatic heterocycles. The summed E-state index contributed by atoms with van der Waals surface area (Å²) in [5.41, 5.74) is 2.12. The Morgan fingerprint density at radius 1 is 0.500 bits per heavy atom. The molecule has 0 spiro atoms. The molecule has 4 heterocycles. The standard InChI is InChI=1S/C36H40Br2S4/c1-3-5-7-9-11-13-15-29-21-23-31(39-29)19-17-27-25-33(37)41-35(27)36-28(26-34(38)42-36)18-20-32-24-22-30(40-32)16-14-12-10-8-6-4-2/h21-26H,3-16H2,1-2H3. The Morgan fingerprint density at radius 2 is 0.905 bits per heavy atom. The lowest BCUT2D eigenvalue weighted by Crippen LogP contribution is -1.82. The smallest absolute Gasteiger partial charge is 0.0775 e. The first kappa shape index (κ1) is 33.8. The summed E-state index contributed by atoms with van der Waals surface area (Å²) in [5.74, 6) is 13.9. The summed E-state index contributed by atoms with van der Waals surface area (Å²) in [6, 6.07) is 13.2. The fourth-order valence-corrected chi connectivity index (χ4v) is 9.89. The van der Waals surface area contributed by atoms with E-state index in [1.807, 2.05) is 22.7 Å². The summed E-state index contributed by atoms with van der Waals surface area (Å²) in [6.07, 6.45) is 18.4. The van der Waals surface area contributed by atoms with Crippen molar-refractivity contribution in [1.82, 2.24) is 0 Å². The van der Waals surface area contributed by atoms with Crippen LogP contribution < -0.4 is 0 Å². The third kappa shape index (κ3) is 11.1. The predicted octanol–water partition coefficient (Wildman–Crippen LogP) is 13.7. The van der Waals surface area contributed by atoms with Gasteiger partial charge in [0.05, 0.1) is 27.1 Å². The molecule has 0 nitrogen and oxygen atoms in total. The lowest BCUT2D eigenvalue weighted by atomic mass is 10.1. The van der Waals surface area contributed by atoms with Gasteiger partial charge in [0.2, 0.25) is 0 Å². The van der Waals surface area contributed by atoms with Crippen LogP contribution in [0.15, 0.2) is 44.0 Å². The second-order valence-electron chi connectivity index (χ2n) is 10.7. The van der Waals surface area contributed by atoms with Crippen molar-refractivity contribution in [3.8, 4) is 33.4 Å². The monoisotopic (exact) mass is 758 g/mol. The molecule has 4 aromatic rings. The van der Waals surface area contributed by atoms with Crippen molar-refractivity contribution < 1.29 is 0 Å². The first-order valence-corrected chi connectivity index (χ1v) is 20.2. The topological polar surface area (TPSA) is 0 Å². The van der Waals surface area contributed by atoms with E-state index in [0.717, 1.165) is 28.5 Å². The summed E-state index contributed by atoms with van der Waals surface area (Å²) in [5, 5.41) is 0. The van der Waals surface area contributed by atoms with E-state index < -0.39 is 0 Å². The summed E-state index contributed by atoms with van der Waals surface area (Å²) < 4.78 is 2.19. The third-order valence-electron chi connectivity index (χ3n) is 7.13. The molecule has 0 N–H and O–H groups in total. The second-order valence-corrected chi connectivity index (χ2v) is 17.9. The summed E-state index contributed by atoms with van der Waals surface area (Å²) in [4.78, 5) is 7.56. The highest BCUT2D eigenvalue weighted by molar-refractivity contribution is 9.11. The molecule has 0 aliphatic rings. The molecule has 4 rings (SSSR count). The Hall–Kier alpha value is -1.12. The number of thiophene rings is 4. The van der Waals surface area contributed by atoms with Crippen molar-refractivity contribution in [3.63, 3.8) is 0 Å². The largest absolute Gasteiger partial charge is 0.132 e. The fourth-order valence-electron chi connectivity index (χ4n) is 4.82. The molecule has 42 heavy (non-hydrogen) atoms. The van der Waals surface area contributed by atoms with Gasteiger partial charge in [0.1, 0.15) is 0 Å². The molecule has 0 atom stereocenters. The maximum absolute atomic E-state index is 3.72. The van der Waals surface area contributed by atoms with E-state index in [1.54, 1.807) is 22.7 Å². The predicted molar refractivity (Wildman–Crippen MR) is 198 cm³/mol. The van der Waals surface area contributed by atoms with Crippen LogP contribution in [0.5, 0.6) is 0 Å². The number of hydrogen-bond acceptors (Lipinski definition) is 4. The molecule has 0 bridgehead atoms. The average molecular weight is 761 g/mol. The van der Waals surface area contributed by atoms with Crippen LogP contribution >= 0.6 is 77.2 Å². The van der Waals surface area contributed by atoms with Gasteiger partial charge in [0.25, 0.3) is 0 Å². The molecule has 222 valence electrons.